The number of aryl methyl sites for hydroxylation is 2. The molecule has 0 atom stereocenters. The van der Waals surface area contributed by atoms with Gasteiger partial charge in [0.2, 0.25) is 5.90 Å². The molecular formula is C17H25NO. The third-order valence-electron chi connectivity index (χ3n) is 3.46. The van der Waals surface area contributed by atoms with Gasteiger partial charge in [-0.3, -0.25) is 0 Å². The molecule has 0 saturated carbocycles. The molecule has 1 heterocycles. The first-order valence-corrected chi connectivity index (χ1v) is 7.41. The first kappa shape index (κ1) is 14.1. The number of aliphatic imine (C=N–C) groups is 1. The predicted molar refractivity (Wildman–Crippen MR) is 81.0 cm³/mol. The molecule has 1 aromatic carbocycles. The zero-order valence-electron chi connectivity index (χ0n) is 12.6. The highest BCUT2D eigenvalue weighted by atomic mass is 16.5. The fourth-order valence-corrected chi connectivity index (χ4v) is 2.60. The van der Waals surface area contributed by atoms with Crippen LogP contribution in [0.25, 0.3) is 0 Å². The lowest BCUT2D eigenvalue weighted by atomic mass is 9.95. The summed E-state index contributed by atoms with van der Waals surface area (Å²) in [6.45, 7) is 9.38. The van der Waals surface area contributed by atoms with Crippen LogP contribution in [0.1, 0.15) is 57.2 Å². The van der Waals surface area contributed by atoms with E-state index in [1.165, 1.54) is 16.7 Å². The van der Waals surface area contributed by atoms with Gasteiger partial charge < -0.3 is 4.74 Å². The molecule has 0 aliphatic carbocycles. The molecule has 0 aromatic heterocycles. The fraction of sp³-hybridized carbons (Fsp3) is 0.588. The van der Waals surface area contributed by atoms with Gasteiger partial charge in [-0.15, -0.1) is 0 Å². The maximum atomic E-state index is 5.88. The fourth-order valence-electron chi connectivity index (χ4n) is 2.60. The van der Waals surface area contributed by atoms with E-state index in [9.17, 15) is 0 Å². The van der Waals surface area contributed by atoms with E-state index >= 15 is 0 Å². The van der Waals surface area contributed by atoms with Gasteiger partial charge in [0.1, 0.15) is 6.61 Å². The number of benzene rings is 1. The molecule has 2 heteroatoms. The molecule has 1 aromatic rings. The third-order valence-corrected chi connectivity index (χ3v) is 3.46. The Labute approximate surface area is 116 Å². The van der Waals surface area contributed by atoms with Gasteiger partial charge in [0, 0.05) is 5.56 Å². The van der Waals surface area contributed by atoms with Gasteiger partial charge in [-0.1, -0.05) is 44.9 Å². The largest absolute Gasteiger partial charge is 0.475 e. The Bertz CT molecular complexity index is 450. The molecule has 0 fully saturated rings. The van der Waals surface area contributed by atoms with Gasteiger partial charge >= 0.3 is 0 Å². The summed E-state index contributed by atoms with van der Waals surface area (Å²) < 4.78 is 5.88. The average Bonchev–Trinajstić information content (AvgIpc) is 2.70. The standard InChI is InChI=1S/C17H25NO/c1-5-8-13-10-7-11-14(9-6-2)15(13)16-18-17(3,4)12-19-16/h7,10-11H,5-6,8-9,12H2,1-4H3. The maximum Gasteiger partial charge on any atom is 0.217 e. The Morgan fingerprint density at radius 3 is 2.11 bits per heavy atom. The number of ether oxygens (including phenoxy) is 1. The van der Waals surface area contributed by atoms with Crippen LogP contribution in [0.2, 0.25) is 0 Å². The van der Waals surface area contributed by atoms with Crippen LogP contribution in [0.4, 0.5) is 0 Å². The summed E-state index contributed by atoms with van der Waals surface area (Å²) in [6, 6.07) is 6.60. The molecule has 104 valence electrons. The van der Waals surface area contributed by atoms with Gasteiger partial charge in [0.25, 0.3) is 0 Å². The van der Waals surface area contributed by atoms with Crippen LogP contribution < -0.4 is 0 Å². The minimum atomic E-state index is -0.0852. The number of rotatable bonds is 5. The van der Waals surface area contributed by atoms with Crippen molar-refractivity contribution in [2.75, 3.05) is 6.61 Å². The topological polar surface area (TPSA) is 21.6 Å². The van der Waals surface area contributed by atoms with Gasteiger partial charge in [-0.25, -0.2) is 4.99 Å². The Morgan fingerprint density at radius 2 is 1.68 bits per heavy atom. The minimum Gasteiger partial charge on any atom is -0.475 e. The first-order chi connectivity index (χ1) is 9.07. The molecule has 0 spiro atoms. The van der Waals surface area contributed by atoms with Crippen molar-refractivity contribution in [2.45, 2.75) is 58.9 Å². The van der Waals surface area contributed by atoms with Crippen molar-refractivity contribution in [1.29, 1.82) is 0 Å². The lowest BCUT2D eigenvalue weighted by Crippen LogP contribution is -2.17. The second kappa shape index (κ2) is 5.77. The van der Waals surface area contributed by atoms with E-state index in [1.807, 2.05) is 0 Å². The third kappa shape index (κ3) is 3.17. The lowest BCUT2D eigenvalue weighted by molar-refractivity contribution is 0.279. The first-order valence-electron chi connectivity index (χ1n) is 7.41. The molecule has 1 aliphatic rings. The van der Waals surface area contributed by atoms with E-state index in [0.717, 1.165) is 31.6 Å². The molecule has 19 heavy (non-hydrogen) atoms. The second-order valence-electron chi connectivity index (χ2n) is 5.97. The average molecular weight is 259 g/mol. The Kier molecular flexibility index (Phi) is 4.28. The SMILES string of the molecule is CCCc1cccc(CCC)c1C1=NC(C)(C)CO1. The van der Waals surface area contributed by atoms with Crippen molar-refractivity contribution in [3.63, 3.8) is 0 Å². The summed E-state index contributed by atoms with van der Waals surface area (Å²) in [5.41, 5.74) is 3.93. The molecule has 2 rings (SSSR count). The van der Waals surface area contributed by atoms with E-state index in [4.69, 9.17) is 9.73 Å². The molecule has 0 radical (unpaired) electrons. The molecule has 2 nitrogen and oxygen atoms in total. The zero-order valence-corrected chi connectivity index (χ0v) is 12.6. The van der Waals surface area contributed by atoms with Crippen LogP contribution in [0.15, 0.2) is 23.2 Å². The Hall–Kier alpha value is -1.31. The number of nitrogens with zero attached hydrogens (tertiary/aromatic N) is 1. The van der Waals surface area contributed by atoms with Gasteiger partial charge in [-0.05, 0) is 37.8 Å². The summed E-state index contributed by atoms with van der Waals surface area (Å²) in [5.74, 6) is 0.859. The summed E-state index contributed by atoms with van der Waals surface area (Å²) in [6.07, 6.45) is 4.49. The van der Waals surface area contributed by atoms with Crippen LogP contribution in [0.5, 0.6) is 0 Å². The molecule has 0 unspecified atom stereocenters. The highest BCUT2D eigenvalue weighted by Gasteiger charge is 2.29. The van der Waals surface area contributed by atoms with Crippen LogP contribution in [-0.4, -0.2) is 18.0 Å². The number of hydrogen-bond donors (Lipinski definition) is 0. The zero-order chi connectivity index (χ0) is 13.9. The maximum absolute atomic E-state index is 5.88. The summed E-state index contributed by atoms with van der Waals surface area (Å²) >= 11 is 0. The van der Waals surface area contributed by atoms with Crippen molar-refractivity contribution in [3.05, 3.63) is 34.9 Å². The number of hydrogen-bond acceptors (Lipinski definition) is 2. The van der Waals surface area contributed by atoms with Crippen molar-refractivity contribution in [2.24, 2.45) is 4.99 Å². The van der Waals surface area contributed by atoms with Crippen LogP contribution >= 0.6 is 0 Å². The van der Waals surface area contributed by atoms with E-state index in [-0.39, 0.29) is 5.54 Å². The molecular weight excluding hydrogens is 234 g/mol. The minimum absolute atomic E-state index is 0.0852. The van der Waals surface area contributed by atoms with Gasteiger partial charge in [-0.2, -0.15) is 0 Å². The van der Waals surface area contributed by atoms with Gasteiger partial charge in [0.05, 0.1) is 5.54 Å². The smallest absolute Gasteiger partial charge is 0.217 e. The summed E-state index contributed by atoms with van der Waals surface area (Å²) in [5, 5.41) is 0. The van der Waals surface area contributed by atoms with E-state index in [2.05, 4.69) is 45.9 Å². The lowest BCUT2D eigenvalue weighted by Gasteiger charge is -2.13. The van der Waals surface area contributed by atoms with Crippen LogP contribution in [0, 0.1) is 0 Å². The monoisotopic (exact) mass is 259 g/mol. The molecule has 0 saturated heterocycles. The van der Waals surface area contributed by atoms with E-state index < -0.39 is 0 Å². The molecule has 1 aliphatic heterocycles. The normalized spacial score (nSPS) is 17.2. The van der Waals surface area contributed by atoms with Crippen molar-refractivity contribution >= 4 is 5.90 Å². The van der Waals surface area contributed by atoms with Crippen molar-refractivity contribution < 1.29 is 4.74 Å². The quantitative estimate of drug-likeness (QED) is 0.778. The highest BCUT2D eigenvalue weighted by molar-refractivity contribution is 5.98. The summed E-state index contributed by atoms with van der Waals surface area (Å²) in [4.78, 5) is 4.77. The van der Waals surface area contributed by atoms with Crippen molar-refractivity contribution in [3.8, 4) is 0 Å². The highest BCUT2D eigenvalue weighted by Crippen LogP contribution is 2.26. The molecule has 0 amide bonds. The van der Waals surface area contributed by atoms with Crippen molar-refractivity contribution in [1.82, 2.24) is 0 Å². The second-order valence-corrected chi connectivity index (χ2v) is 5.97. The molecule has 0 N–H and O–H groups in total. The van der Waals surface area contributed by atoms with Gasteiger partial charge in [0.15, 0.2) is 0 Å². The van der Waals surface area contributed by atoms with E-state index in [0.29, 0.717) is 6.61 Å². The summed E-state index contributed by atoms with van der Waals surface area (Å²) in [7, 11) is 0. The Balaban J connectivity index is 2.46. The van der Waals surface area contributed by atoms with E-state index in [1.54, 1.807) is 0 Å². The molecule has 0 bridgehead atoms. The Morgan fingerprint density at radius 1 is 1.11 bits per heavy atom. The predicted octanol–water partition coefficient (Wildman–Crippen LogP) is 4.15. The van der Waals surface area contributed by atoms with Crippen LogP contribution in [0.3, 0.4) is 0 Å². The van der Waals surface area contributed by atoms with Crippen LogP contribution in [-0.2, 0) is 17.6 Å².